The minimum absolute atomic E-state index is 0.00848. The SMILES string of the molecule is NC(=O)c1cc2c(cc1N1CCCC1)NC(=O)CC2c1cc2ccccc2s1. The summed E-state index contributed by atoms with van der Waals surface area (Å²) >= 11 is 1.71. The van der Waals surface area contributed by atoms with Crippen LogP contribution in [0.3, 0.4) is 0 Å². The number of benzene rings is 2. The molecule has 1 unspecified atom stereocenters. The highest BCUT2D eigenvalue weighted by Gasteiger charge is 2.31. The average molecular weight is 391 g/mol. The molecule has 3 N–H and O–H groups in total. The van der Waals surface area contributed by atoms with E-state index in [1.54, 1.807) is 11.3 Å². The number of nitrogens with zero attached hydrogens (tertiary/aromatic N) is 1. The first-order valence-electron chi connectivity index (χ1n) is 9.61. The van der Waals surface area contributed by atoms with Crippen LogP contribution in [0.5, 0.6) is 0 Å². The van der Waals surface area contributed by atoms with Crippen molar-refractivity contribution in [2.75, 3.05) is 23.3 Å². The van der Waals surface area contributed by atoms with E-state index in [0.717, 1.165) is 47.7 Å². The quantitative estimate of drug-likeness (QED) is 0.707. The molecule has 3 aromatic rings. The predicted molar refractivity (Wildman–Crippen MR) is 113 cm³/mol. The van der Waals surface area contributed by atoms with Crippen molar-refractivity contribution in [2.45, 2.75) is 25.2 Å². The Bertz CT molecular complexity index is 1070. The van der Waals surface area contributed by atoms with E-state index in [4.69, 9.17) is 5.73 Å². The zero-order chi connectivity index (χ0) is 19.3. The van der Waals surface area contributed by atoms with Crippen molar-refractivity contribution >= 4 is 44.6 Å². The molecule has 0 aliphatic carbocycles. The van der Waals surface area contributed by atoms with Gasteiger partial charge in [0.25, 0.3) is 5.91 Å². The largest absolute Gasteiger partial charge is 0.371 e. The fourth-order valence-corrected chi connectivity index (χ4v) is 5.53. The van der Waals surface area contributed by atoms with Gasteiger partial charge in [0.1, 0.15) is 0 Å². The maximum Gasteiger partial charge on any atom is 0.250 e. The fraction of sp³-hybridized carbons (Fsp3) is 0.273. The molecule has 1 saturated heterocycles. The maximum atomic E-state index is 12.5. The summed E-state index contributed by atoms with van der Waals surface area (Å²) in [6, 6.07) is 14.2. The van der Waals surface area contributed by atoms with E-state index in [-0.39, 0.29) is 11.8 Å². The number of nitrogens with one attached hydrogen (secondary N) is 1. The van der Waals surface area contributed by atoms with Crippen molar-refractivity contribution in [3.63, 3.8) is 0 Å². The molecule has 0 radical (unpaired) electrons. The van der Waals surface area contributed by atoms with Crippen molar-refractivity contribution in [2.24, 2.45) is 5.73 Å². The first-order valence-corrected chi connectivity index (χ1v) is 10.4. The third kappa shape index (κ3) is 2.85. The van der Waals surface area contributed by atoms with Gasteiger partial charge in [-0.15, -0.1) is 11.3 Å². The van der Waals surface area contributed by atoms with Gasteiger partial charge in [-0.1, -0.05) is 18.2 Å². The van der Waals surface area contributed by atoms with Crippen molar-refractivity contribution in [3.8, 4) is 0 Å². The molecule has 1 atom stereocenters. The number of amides is 2. The van der Waals surface area contributed by atoms with Crippen LogP contribution in [0.2, 0.25) is 0 Å². The van der Waals surface area contributed by atoms with Crippen molar-refractivity contribution in [1.29, 1.82) is 0 Å². The molecule has 2 aromatic carbocycles. The Morgan fingerprint density at radius 3 is 2.68 bits per heavy atom. The standard InChI is InChI=1S/C22H21N3O2S/c23-22(27)16-10-14-15(20-9-13-5-1-2-6-19(13)28-20)11-21(26)24-17(14)12-18(16)25-7-3-4-8-25/h1-2,5-6,9-10,12,15H,3-4,7-8,11H2,(H2,23,27)(H,24,26). The molecule has 0 bridgehead atoms. The summed E-state index contributed by atoms with van der Waals surface area (Å²) in [4.78, 5) is 28.0. The van der Waals surface area contributed by atoms with Crippen LogP contribution in [0.15, 0.2) is 42.5 Å². The summed E-state index contributed by atoms with van der Waals surface area (Å²) < 4.78 is 1.20. The zero-order valence-electron chi connectivity index (χ0n) is 15.4. The smallest absolute Gasteiger partial charge is 0.250 e. The molecule has 1 aromatic heterocycles. The normalized spacial score (nSPS) is 18.9. The van der Waals surface area contributed by atoms with Crippen LogP contribution in [0, 0.1) is 0 Å². The van der Waals surface area contributed by atoms with E-state index >= 15 is 0 Å². The summed E-state index contributed by atoms with van der Waals surface area (Å²) in [5.74, 6) is -0.474. The molecule has 3 heterocycles. The molecular formula is C22H21N3O2S. The van der Waals surface area contributed by atoms with Crippen LogP contribution in [-0.2, 0) is 4.79 Å². The fourth-order valence-electron chi connectivity index (χ4n) is 4.34. The lowest BCUT2D eigenvalue weighted by Gasteiger charge is -2.29. The molecular weight excluding hydrogens is 370 g/mol. The number of primary amides is 1. The van der Waals surface area contributed by atoms with E-state index in [1.165, 1.54) is 10.1 Å². The maximum absolute atomic E-state index is 12.5. The Balaban J connectivity index is 1.65. The number of carbonyl (C=O) groups is 2. The van der Waals surface area contributed by atoms with Gasteiger partial charge in [-0.3, -0.25) is 9.59 Å². The molecule has 0 spiro atoms. The minimum Gasteiger partial charge on any atom is -0.371 e. The second-order valence-corrected chi connectivity index (χ2v) is 8.62. The molecule has 1 fully saturated rings. The van der Waals surface area contributed by atoms with Crippen LogP contribution in [-0.4, -0.2) is 24.9 Å². The molecule has 6 heteroatoms. The van der Waals surface area contributed by atoms with Gasteiger partial charge in [0, 0.05) is 40.7 Å². The number of hydrogen-bond donors (Lipinski definition) is 2. The number of anilines is 2. The Kier molecular flexibility index (Phi) is 4.09. The summed E-state index contributed by atoms with van der Waals surface area (Å²) in [6.07, 6.45) is 2.58. The van der Waals surface area contributed by atoms with Crippen molar-refractivity contribution in [1.82, 2.24) is 0 Å². The number of fused-ring (bicyclic) bond motifs is 2. The number of thiophene rings is 1. The number of hydrogen-bond acceptors (Lipinski definition) is 4. The van der Waals surface area contributed by atoms with Gasteiger partial charge >= 0.3 is 0 Å². The monoisotopic (exact) mass is 391 g/mol. The van der Waals surface area contributed by atoms with Gasteiger partial charge in [-0.05, 0) is 48.1 Å². The zero-order valence-corrected chi connectivity index (χ0v) is 16.2. The van der Waals surface area contributed by atoms with Crippen LogP contribution >= 0.6 is 11.3 Å². The van der Waals surface area contributed by atoms with Gasteiger partial charge in [0.05, 0.1) is 11.3 Å². The summed E-state index contributed by atoms with van der Waals surface area (Å²) in [5, 5.41) is 4.19. The lowest BCUT2D eigenvalue weighted by molar-refractivity contribution is -0.116. The molecule has 142 valence electrons. The first kappa shape index (κ1) is 17.3. The number of rotatable bonds is 3. The van der Waals surface area contributed by atoms with Gasteiger partial charge in [-0.2, -0.15) is 0 Å². The topological polar surface area (TPSA) is 75.4 Å². The van der Waals surface area contributed by atoms with Crippen molar-refractivity contribution < 1.29 is 9.59 Å². The van der Waals surface area contributed by atoms with E-state index in [2.05, 4.69) is 28.4 Å². The number of nitrogens with two attached hydrogens (primary N) is 1. The number of carbonyl (C=O) groups excluding carboxylic acids is 2. The first-order chi connectivity index (χ1) is 13.6. The third-order valence-corrected chi connectivity index (χ3v) is 6.94. The Morgan fingerprint density at radius 2 is 1.93 bits per heavy atom. The molecule has 28 heavy (non-hydrogen) atoms. The average Bonchev–Trinajstić information content (AvgIpc) is 3.35. The Labute approximate surface area is 167 Å². The van der Waals surface area contributed by atoms with Crippen LogP contribution in [0.25, 0.3) is 10.1 Å². The van der Waals surface area contributed by atoms with Crippen molar-refractivity contribution in [3.05, 3.63) is 58.5 Å². The van der Waals surface area contributed by atoms with Gasteiger partial charge in [0.15, 0.2) is 0 Å². The summed E-state index contributed by atoms with van der Waals surface area (Å²) in [6.45, 7) is 1.82. The van der Waals surface area contributed by atoms with Crippen LogP contribution < -0.4 is 16.0 Å². The minimum atomic E-state index is -0.420. The molecule has 0 saturated carbocycles. The Morgan fingerprint density at radius 1 is 1.14 bits per heavy atom. The molecule has 5 rings (SSSR count). The lowest BCUT2D eigenvalue weighted by Crippen LogP contribution is -2.27. The molecule has 2 aliphatic heterocycles. The summed E-state index contributed by atoms with van der Waals surface area (Å²) in [5.41, 5.74) is 8.89. The van der Waals surface area contributed by atoms with E-state index in [1.807, 2.05) is 24.3 Å². The Hall–Kier alpha value is -2.86. The second-order valence-electron chi connectivity index (χ2n) is 7.51. The predicted octanol–water partition coefficient (Wildman–Crippen LogP) is 4.07. The second kappa shape index (κ2) is 6.63. The highest BCUT2D eigenvalue weighted by molar-refractivity contribution is 7.19. The molecule has 2 amide bonds. The van der Waals surface area contributed by atoms with E-state index < -0.39 is 5.91 Å². The lowest BCUT2D eigenvalue weighted by atomic mass is 9.87. The van der Waals surface area contributed by atoms with Crippen LogP contribution in [0.4, 0.5) is 11.4 Å². The van der Waals surface area contributed by atoms with E-state index in [0.29, 0.717) is 12.0 Å². The van der Waals surface area contributed by atoms with Gasteiger partial charge < -0.3 is 16.0 Å². The van der Waals surface area contributed by atoms with Gasteiger partial charge in [-0.25, -0.2) is 0 Å². The molecule has 5 nitrogen and oxygen atoms in total. The summed E-state index contributed by atoms with van der Waals surface area (Å²) in [7, 11) is 0. The highest BCUT2D eigenvalue weighted by atomic mass is 32.1. The molecule has 2 aliphatic rings. The van der Waals surface area contributed by atoms with Crippen LogP contribution in [0.1, 0.15) is 46.0 Å². The van der Waals surface area contributed by atoms with Gasteiger partial charge in [0.2, 0.25) is 5.91 Å². The third-order valence-electron chi connectivity index (χ3n) is 5.71. The highest BCUT2D eigenvalue weighted by Crippen LogP contribution is 2.44. The van der Waals surface area contributed by atoms with E-state index in [9.17, 15) is 9.59 Å².